The van der Waals surface area contributed by atoms with E-state index in [4.69, 9.17) is 0 Å². The van der Waals surface area contributed by atoms with Crippen LogP contribution in [0.2, 0.25) is 0 Å². The number of benzene rings is 2. The Balaban J connectivity index is 2.17. The van der Waals surface area contributed by atoms with Gasteiger partial charge in [-0.2, -0.15) is 0 Å². The van der Waals surface area contributed by atoms with Gasteiger partial charge in [0.2, 0.25) is 0 Å². The second-order valence-electron chi connectivity index (χ2n) is 5.21. The minimum Gasteiger partial charge on any atom is -0.304 e. The zero-order chi connectivity index (χ0) is 14.7. The van der Waals surface area contributed by atoms with E-state index in [9.17, 15) is 0 Å². The fourth-order valence-corrected chi connectivity index (χ4v) is 2.46. The highest BCUT2D eigenvalue weighted by atomic mass is 15.3. The molecule has 0 fully saturated rings. The van der Waals surface area contributed by atoms with Crippen molar-refractivity contribution in [1.82, 2.24) is 14.8 Å². The Bertz CT molecular complexity index is 645. The molecule has 3 heteroatoms. The van der Waals surface area contributed by atoms with E-state index in [1.807, 2.05) is 36.4 Å². The number of hydrogen-bond acceptors (Lipinski definition) is 2. The van der Waals surface area contributed by atoms with Crippen molar-refractivity contribution < 1.29 is 0 Å². The van der Waals surface area contributed by atoms with Crippen LogP contribution in [0.4, 0.5) is 0 Å². The van der Waals surface area contributed by atoms with E-state index in [0.717, 1.165) is 29.2 Å². The summed E-state index contributed by atoms with van der Waals surface area (Å²) in [7, 11) is 0. The first-order valence-corrected chi connectivity index (χ1v) is 7.37. The van der Waals surface area contributed by atoms with Crippen molar-refractivity contribution in [3.8, 4) is 22.8 Å². The van der Waals surface area contributed by atoms with Crippen molar-refractivity contribution in [2.24, 2.45) is 0 Å². The molecule has 0 bridgehead atoms. The monoisotopic (exact) mass is 277 g/mol. The number of nitrogens with zero attached hydrogens (tertiary/aromatic N) is 3. The first-order valence-electron chi connectivity index (χ1n) is 7.37. The third-order valence-electron chi connectivity index (χ3n) is 3.79. The van der Waals surface area contributed by atoms with E-state index < -0.39 is 0 Å². The largest absolute Gasteiger partial charge is 0.304 e. The Labute approximate surface area is 125 Å². The van der Waals surface area contributed by atoms with Gasteiger partial charge in [0, 0.05) is 17.2 Å². The summed E-state index contributed by atoms with van der Waals surface area (Å²) in [5.74, 6) is 1.87. The summed E-state index contributed by atoms with van der Waals surface area (Å²) in [5.41, 5.74) is 2.21. The first kappa shape index (κ1) is 13.6. The molecule has 2 aromatic carbocycles. The summed E-state index contributed by atoms with van der Waals surface area (Å²) in [6.45, 7) is 4.40. The number of hydrogen-bond donors (Lipinski definition) is 0. The predicted molar refractivity (Wildman–Crippen MR) is 85.9 cm³/mol. The minimum absolute atomic E-state index is 0.352. The van der Waals surface area contributed by atoms with Gasteiger partial charge in [0.05, 0.1) is 0 Å². The lowest BCUT2D eigenvalue weighted by molar-refractivity contribution is 0.539. The van der Waals surface area contributed by atoms with Gasteiger partial charge in [-0.15, -0.1) is 10.2 Å². The average Bonchev–Trinajstić information content (AvgIpc) is 3.00. The van der Waals surface area contributed by atoms with Gasteiger partial charge >= 0.3 is 0 Å². The number of rotatable bonds is 4. The zero-order valence-electron chi connectivity index (χ0n) is 12.4. The van der Waals surface area contributed by atoms with Crippen LogP contribution in [-0.2, 0) is 0 Å². The Morgan fingerprint density at radius 1 is 0.810 bits per heavy atom. The summed E-state index contributed by atoms with van der Waals surface area (Å²) in [6.07, 6.45) is 1.04. The third-order valence-corrected chi connectivity index (χ3v) is 3.79. The Morgan fingerprint density at radius 2 is 1.24 bits per heavy atom. The van der Waals surface area contributed by atoms with E-state index in [2.05, 4.69) is 52.9 Å². The lowest BCUT2D eigenvalue weighted by Crippen LogP contribution is -2.08. The fourth-order valence-electron chi connectivity index (χ4n) is 2.46. The molecule has 21 heavy (non-hydrogen) atoms. The van der Waals surface area contributed by atoms with E-state index in [1.54, 1.807) is 0 Å². The lowest BCUT2D eigenvalue weighted by atomic mass is 10.1. The Hall–Kier alpha value is -2.42. The van der Waals surface area contributed by atoms with E-state index in [1.165, 1.54) is 0 Å². The molecule has 106 valence electrons. The quantitative estimate of drug-likeness (QED) is 0.698. The van der Waals surface area contributed by atoms with Crippen molar-refractivity contribution in [3.05, 3.63) is 60.7 Å². The first-order chi connectivity index (χ1) is 10.3. The average molecular weight is 277 g/mol. The van der Waals surface area contributed by atoms with Crippen molar-refractivity contribution in [1.29, 1.82) is 0 Å². The van der Waals surface area contributed by atoms with E-state index in [0.29, 0.717) is 6.04 Å². The maximum absolute atomic E-state index is 4.44. The molecule has 0 aliphatic rings. The van der Waals surface area contributed by atoms with Crippen LogP contribution < -0.4 is 0 Å². The Kier molecular flexibility index (Phi) is 3.82. The summed E-state index contributed by atoms with van der Waals surface area (Å²) < 4.78 is 2.24. The van der Waals surface area contributed by atoms with E-state index in [-0.39, 0.29) is 0 Å². The molecule has 1 atom stereocenters. The summed E-state index contributed by atoms with van der Waals surface area (Å²) in [5, 5.41) is 8.89. The van der Waals surface area contributed by atoms with Crippen molar-refractivity contribution in [2.75, 3.05) is 0 Å². The van der Waals surface area contributed by atoms with Gasteiger partial charge in [0.25, 0.3) is 0 Å². The molecule has 1 aromatic heterocycles. The van der Waals surface area contributed by atoms with Crippen molar-refractivity contribution in [2.45, 2.75) is 26.3 Å². The smallest absolute Gasteiger partial charge is 0.164 e. The molecule has 0 aliphatic heterocycles. The minimum atomic E-state index is 0.352. The highest BCUT2D eigenvalue weighted by Gasteiger charge is 2.18. The molecule has 3 nitrogen and oxygen atoms in total. The second-order valence-corrected chi connectivity index (χ2v) is 5.21. The Morgan fingerprint density at radius 3 is 1.62 bits per heavy atom. The zero-order valence-corrected chi connectivity index (χ0v) is 12.4. The van der Waals surface area contributed by atoms with Crippen molar-refractivity contribution >= 4 is 0 Å². The molecule has 0 amide bonds. The topological polar surface area (TPSA) is 30.7 Å². The predicted octanol–water partition coefficient (Wildman–Crippen LogP) is 4.58. The molecule has 1 unspecified atom stereocenters. The van der Waals surface area contributed by atoms with Crippen LogP contribution >= 0.6 is 0 Å². The molecule has 3 aromatic rings. The molecule has 0 N–H and O–H groups in total. The van der Waals surface area contributed by atoms with Crippen LogP contribution in [0.3, 0.4) is 0 Å². The van der Waals surface area contributed by atoms with Crippen LogP contribution in [-0.4, -0.2) is 14.8 Å². The summed E-state index contributed by atoms with van der Waals surface area (Å²) in [4.78, 5) is 0. The van der Waals surface area contributed by atoms with Crippen LogP contribution in [0.25, 0.3) is 22.8 Å². The molecule has 3 rings (SSSR count). The van der Waals surface area contributed by atoms with Gasteiger partial charge in [0.1, 0.15) is 0 Å². The molecular weight excluding hydrogens is 258 g/mol. The summed E-state index contributed by atoms with van der Waals surface area (Å²) in [6, 6.07) is 20.9. The SMILES string of the molecule is CCC(C)n1c(-c2ccccc2)nnc1-c1ccccc1. The van der Waals surface area contributed by atoms with Crippen LogP contribution in [0, 0.1) is 0 Å². The van der Waals surface area contributed by atoms with Gasteiger partial charge < -0.3 is 4.57 Å². The fraction of sp³-hybridized carbons (Fsp3) is 0.222. The lowest BCUT2D eigenvalue weighted by Gasteiger charge is -2.16. The van der Waals surface area contributed by atoms with Crippen LogP contribution in [0.1, 0.15) is 26.3 Å². The maximum Gasteiger partial charge on any atom is 0.164 e. The van der Waals surface area contributed by atoms with Gasteiger partial charge in [-0.25, -0.2) is 0 Å². The molecular formula is C18H19N3. The highest BCUT2D eigenvalue weighted by molar-refractivity contribution is 5.62. The highest BCUT2D eigenvalue weighted by Crippen LogP contribution is 2.29. The summed E-state index contributed by atoms with van der Waals surface area (Å²) >= 11 is 0. The van der Waals surface area contributed by atoms with Crippen LogP contribution in [0.5, 0.6) is 0 Å². The second kappa shape index (κ2) is 5.92. The molecule has 0 aliphatic carbocycles. The molecule has 0 radical (unpaired) electrons. The van der Waals surface area contributed by atoms with Gasteiger partial charge in [-0.05, 0) is 13.3 Å². The molecule has 1 heterocycles. The maximum atomic E-state index is 4.44. The standard InChI is InChI=1S/C18H19N3/c1-3-14(2)21-17(15-10-6-4-7-11-15)19-20-18(21)16-12-8-5-9-13-16/h4-14H,3H2,1-2H3. The number of aromatic nitrogens is 3. The molecule has 0 saturated heterocycles. The normalized spacial score (nSPS) is 12.3. The molecule has 0 spiro atoms. The van der Waals surface area contributed by atoms with Gasteiger partial charge in [-0.1, -0.05) is 67.6 Å². The van der Waals surface area contributed by atoms with E-state index >= 15 is 0 Å². The van der Waals surface area contributed by atoms with Crippen LogP contribution in [0.15, 0.2) is 60.7 Å². The van der Waals surface area contributed by atoms with Crippen molar-refractivity contribution in [3.63, 3.8) is 0 Å². The third kappa shape index (κ3) is 2.59. The van der Waals surface area contributed by atoms with Gasteiger partial charge in [0.15, 0.2) is 11.6 Å². The molecule has 0 saturated carbocycles. The van der Waals surface area contributed by atoms with Gasteiger partial charge in [-0.3, -0.25) is 0 Å².